The van der Waals surface area contributed by atoms with Crippen molar-refractivity contribution in [1.82, 2.24) is 9.80 Å². The first-order valence-corrected chi connectivity index (χ1v) is 16.3. The Hall–Kier alpha value is -3.00. The van der Waals surface area contributed by atoms with Gasteiger partial charge in [0, 0.05) is 37.5 Å². The third-order valence-corrected chi connectivity index (χ3v) is 7.74. The lowest BCUT2D eigenvalue weighted by atomic mass is 9.71. The van der Waals surface area contributed by atoms with Gasteiger partial charge in [-0.15, -0.1) is 0 Å². The number of carbonyl (C=O) groups excluding carboxylic acids is 1. The number of rotatable bonds is 6. The Morgan fingerprint density at radius 1 is 1.02 bits per heavy atom. The molecule has 0 spiro atoms. The van der Waals surface area contributed by atoms with Crippen LogP contribution in [0.1, 0.15) is 111 Å². The van der Waals surface area contributed by atoms with Gasteiger partial charge in [-0.2, -0.15) is 23.4 Å². The Morgan fingerprint density at radius 2 is 1.66 bits per heavy atom. The summed E-state index contributed by atoms with van der Waals surface area (Å²) in [5.74, 6) is 0.782. The minimum Gasteiger partial charge on any atom is -0.299 e. The standard InChI is InChI=1S/C16H21F3N2O.C16H22N2.2C2H6/c1-3-15-14(16(17,18)19)9-13(11-21(15)12(2)22)10-20-7-5-4-6-8-20;1-4-17-18-13(3)16(14-8-6-9-14)15-10-5-7-12(2)11-15;2*1-2/h3,9,11H,4-8,10H2,1-2H3;4-5,7,10-11,14,16H,6,8-9H2,1-3H3;2*1-2H3/b15-3-;17-4-,18-13+;;. The molecule has 1 amide bonds. The van der Waals surface area contributed by atoms with Crippen molar-refractivity contribution >= 4 is 17.8 Å². The Morgan fingerprint density at radius 3 is 2.14 bits per heavy atom. The minimum absolute atomic E-state index is 0.0950. The number of hydrogen-bond acceptors (Lipinski definition) is 4. The molecule has 3 aliphatic rings. The summed E-state index contributed by atoms with van der Waals surface area (Å²) in [6.07, 6.45) is 8.61. The number of amides is 1. The average Bonchev–Trinajstić information content (AvgIpc) is 2.99. The molecule has 1 aromatic rings. The molecule has 0 aromatic heterocycles. The summed E-state index contributed by atoms with van der Waals surface area (Å²) in [6.45, 7) is 19.2. The van der Waals surface area contributed by atoms with Crippen molar-refractivity contribution in [2.75, 3.05) is 19.6 Å². The number of carbonyl (C=O) groups is 1. The molecule has 1 unspecified atom stereocenters. The summed E-state index contributed by atoms with van der Waals surface area (Å²) in [6, 6.07) is 8.81. The number of benzene rings is 1. The van der Waals surface area contributed by atoms with E-state index < -0.39 is 17.7 Å². The molecule has 4 rings (SSSR count). The quantitative estimate of drug-likeness (QED) is 0.236. The fourth-order valence-corrected chi connectivity index (χ4v) is 5.61. The molecule has 1 aromatic carbocycles. The largest absolute Gasteiger partial charge is 0.418 e. The molecule has 2 aliphatic heterocycles. The maximum Gasteiger partial charge on any atom is 0.418 e. The molecule has 246 valence electrons. The zero-order valence-electron chi connectivity index (χ0n) is 28.5. The van der Waals surface area contributed by atoms with E-state index in [4.69, 9.17) is 0 Å². The van der Waals surface area contributed by atoms with Gasteiger partial charge in [-0.25, -0.2) is 0 Å². The van der Waals surface area contributed by atoms with E-state index in [9.17, 15) is 18.0 Å². The predicted molar refractivity (Wildman–Crippen MR) is 180 cm³/mol. The second-order valence-electron chi connectivity index (χ2n) is 10.9. The second-order valence-corrected chi connectivity index (χ2v) is 10.9. The van der Waals surface area contributed by atoms with Gasteiger partial charge in [0.05, 0.1) is 11.3 Å². The molecular weight excluding hydrogens is 561 g/mol. The van der Waals surface area contributed by atoms with Crippen LogP contribution in [0.15, 0.2) is 69.7 Å². The van der Waals surface area contributed by atoms with E-state index in [1.807, 2.05) is 34.6 Å². The van der Waals surface area contributed by atoms with Crippen LogP contribution >= 0.6 is 0 Å². The molecule has 0 radical (unpaired) electrons. The van der Waals surface area contributed by atoms with Crippen LogP contribution in [0, 0.1) is 12.8 Å². The minimum atomic E-state index is -4.48. The van der Waals surface area contributed by atoms with Crippen molar-refractivity contribution in [3.63, 3.8) is 0 Å². The lowest BCUT2D eigenvalue weighted by Gasteiger charge is -2.34. The summed E-state index contributed by atoms with van der Waals surface area (Å²) < 4.78 is 39.8. The molecule has 0 N–H and O–H groups in total. The summed E-state index contributed by atoms with van der Waals surface area (Å²) >= 11 is 0. The fourth-order valence-electron chi connectivity index (χ4n) is 5.61. The number of halogens is 3. The van der Waals surface area contributed by atoms with Crippen molar-refractivity contribution in [2.45, 2.75) is 113 Å². The molecule has 1 aliphatic carbocycles. The maximum absolute atomic E-state index is 13.3. The van der Waals surface area contributed by atoms with Gasteiger partial charge in [0.15, 0.2) is 0 Å². The highest BCUT2D eigenvalue weighted by Gasteiger charge is 2.40. The Kier molecular flexibility index (Phi) is 17.8. The highest BCUT2D eigenvalue weighted by atomic mass is 19.4. The molecule has 5 nitrogen and oxygen atoms in total. The molecule has 0 bridgehead atoms. The third kappa shape index (κ3) is 11.8. The number of alkyl halides is 3. The van der Waals surface area contributed by atoms with Gasteiger partial charge in [-0.3, -0.25) is 14.6 Å². The lowest BCUT2D eigenvalue weighted by Crippen LogP contribution is -2.35. The van der Waals surface area contributed by atoms with E-state index >= 15 is 0 Å². The van der Waals surface area contributed by atoms with Gasteiger partial charge in [0.2, 0.25) is 5.91 Å². The van der Waals surface area contributed by atoms with Gasteiger partial charge in [0.1, 0.15) is 0 Å². The summed E-state index contributed by atoms with van der Waals surface area (Å²) in [7, 11) is 0. The third-order valence-electron chi connectivity index (χ3n) is 7.74. The highest BCUT2D eigenvalue weighted by molar-refractivity contribution is 5.89. The Balaban J connectivity index is 0.000000401. The van der Waals surface area contributed by atoms with E-state index in [-0.39, 0.29) is 5.70 Å². The van der Waals surface area contributed by atoms with Crippen LogP contribution in [0.2, 0.25) is 0 Å². The molecule has 1 atom stereocenters. The first-order chi connectivity index (χ1) is 21.0. The van der Waals surface area contributed by atoms with Crippen LogP contribution in [-0.4, -0.2) is 53.4 Å². The average molecular weight is 617 g/mol. The summed E-state index contributed by atoms with van der Waals surface area (Å²) in [5, 5.41) is 8.38. The normalized spacial score (nSPS) is 19.3. The van der Waals surface area contributed by atoms with Crippen molar-refractivity contribution in [3.05, 3.63) is 70.6 Å². The van der Waals surface area contributed by atoms with E-state index in [1.165, 1.54) is 69.0 Å². The first kappa shape index (κ1) is 39.0. The molecular formula is C36H55F3N4O. The summed E-state index contributed by atoms with van der Waals surface area (Å²) in [5.41, 5.74) is 3.54. The van der Waals surface area contributed by atoms with Crippen molar-refractivity contribution in [1.29, 1.82) is 0 Å². The van der Waals surface area contributed by atoms with Crippen LogP contribution in [0.25, 0.3) is 0 Å². The highest BCUT2D eigenvalue weighted by Crippen LogP contribution is 2.40. The van der Waals surface area contributed by atoms with Gasteiger partial charge in [-0.1, -0.05) is 76.4 Å². The Bertz CT molecular complexity index is 1170. The lowest BCUT2D eigenvalue weighted by molar-refractivity contribution is -0.125. The van der Waals surface area contributed by atoms with Gasteiger partial charge >= 0.3 is 6.18 Å². The number of nitrogens with zero attached hydrogens (tertiary/aromatic N) is 4. The molecule has 2 fully saturated rings. The SMILES string of the molecule is C/C=C1/C(C(F)(F)F)=CC(CN2CCCCC2)=CN1C(C)=O.C/C=N\N=C(/C)C(c1cccc(C)c1)C1CCC1.CC.CC. The predicted octanol–water partition coefficient (Wildman–Crippen LogP) is 10.0. The number of aryl methyl sites for hydroxylation is 1. The van der Waals surface area contributed by atoms with Crippen molar-refractivity contribution in [2.24, 2.45) is 16.1 Å². The zero-order chi connectivity index (χ0) is 33.3. The number of likely N-dealkylation sites (tertiary alicyclic amines) is 1. The van der Waals surface area contributed by atoms with E-state index in [0.29, 0.717) is 18.0 Å². The van der Waals surface area contributed by atoms with Gasteiger partial charge in [-0.05, 0) is 89.6 Å². The van der Waals surface area contributed by atoms with E-state index in [0.717, 1.165) is 42.5 Å². The molecule has 1 saturated carbocycles. The van der Waals surface area contributed by atoms with Gasteiger partial charge in [0.25, 0.3) is 0 Å². The van der Waals surface area contributed by atoms with Crippen molar-refractivity contribution < 1.29 is 18.0 Å². The smallest absolute Gasteiger partial charge is 0.299 e. The number of hydrogen-bond donors (Lipinski definition) is 0. The van der Waals surface area contributed by atoms with Crippen LogP contribution in [0.4, 0.5) is 13.2 Å². The second kappa shape index (κ2) is 20.1. The first-order valence-electron chi connectivity index (χ1n) is 16.3. The topological polar surface area (TPSA) is 48.3 Å². The van der Waals surface area contributed by atoms with Crippen LogP contribution in [0.5, 0.6) is 0 Å². The van der Waals surface area contributed by atoms with E-state index in [2.05, 4.69) is 53.2 Å². The number of allylic oxidation sites excluding steroid dienone is 2. The fraction of sp³-hybridized carbons (Fsp3) is 0.583. The zero-order valence-corrected chi connectivity index (χ0v) is 28.5. The maximum atomic E-state index is 13.3. The van der Waals surface area contributed by atoms with Gasteiger partial charge < -0.3 is 0 Å². The monoisotopic (exact) mass is 616 g/mol. The molecule has 1 saturated heterocycles. The van der Waals surface area contributed by atoms with Crippen LogP contribution in [-0.2, 0) is 4.79 Å². The van der Waals surface area contributed by atoms with Crippen LogP contribution < -0.4 is 0 Å². The van der Waals surface area contributed by atoms with E-state index in [1.54, 1.807) is 6.21 Å². The number of piperidine rings is 1. The van der Waals surface area contributed by atoms with Crippen molar-refractivity contribution in [3.8, 4) is 0 Å². The van der Waals surface area contributed by atoms with Crippen LogP contribution in [0.3, 0.4) is 0 Å². The molecule has 44 heavy (non-hydrogen) atoms. The summed E-state index contributed by atoms with van der Waals surface area (Å²) in [4.78, 5) is 14.9. The molecule has 2 heterocycles. The Labute approximate surface area is 264 Å². The molecule has 8 heteroatoms.